The van der Waals surface area contributed by atoms with Gasteiger partial charge < -0.3 is 9.84 Å². The topological polar surface area (TPSA) is 42.4 Å². The molecule has 2 rings (SSSR count). The maximum Gasteiger partial charge on any atom is 0.250 e. The molecular weight excluding hydrogens is 253 g/mol. The molecule has 5 heteroatoms. The van der Waals surface area contributed by atoms with Gasteiger partial charge in [0.1, 0.15) is 6.10 Å². The van der Waals surface area contributed by atoms with Gasteiger partial charge in [0.05, 0.1) is 6.61 Å². The van der Waals surface area contributed by atoms with Crippen molar-refractivity contribution in [1.82, 2.24) is 4.98 Å². The molecule has 3 nitrogen and oxygen atoms in total. The lowest BCUT2D eigenvalue weighted by Gasteiger charge is -2.13. The van der Waals surface area contributed by atoms with Crippen LogP contribution in [0.4, 0.5) is 4.39 Å². The summed E-state index contributed by atoms with van der Waals surface area (Å²) >= 11 is 1.40. The zero-order valence-corrected chi connectivity index (χ0v) is 11.0. The number of aromatic nitrogens is 1. The number of ether oxygens (including phenoxy) is 1. The first-order valence-corrected chi connectivity index (χ1v) is 6.52. The van der Waals surface area contributed by atoms with Gasteiger partial charge >= 0.3 is 0 Å². The molecule has 2 aromatic heterocycles. The maximum atomic E-state index is 14.1. The Labute approximate surface area is 109 Å². The van der Waals surface area contributed by atoms with Gasteiger partial charge in [0.15, 0.2) is 5.82 Å². The van der Waals surface area contributed by atoms with Crippen molar-refractivity contribution in [3.05, 3.63) is 45.5 Å². The van der Waals surface area contributed by atoms with Gasteiger partial charge in [0.2, 0.25) is 0 Å². The number of rotatable bonds is 4. The quantitative estimate of drug-likeness (QED) is 0.925. The lowest BCUT2D eigenvalue weighted by molar-refractivity contribution is 0.214. The van der Waals surface area contributed by atoms with Crippen LogP contribution in [0, 0.1) is 12.7 Å². The first-order valence-electron chi connectivity index (χ1n) is 5.64. The van der Waals surface area contributed by atoms with Crippen molar-refractivity contribution in [1.29, 1.82) is 0 Å². The lowest BCUT2D eigenvalue weighted by Crippen LogP contribution is -2.06. The summed E-state index contributed by atoms with van der Waals surface area (Å²) in [6.45, 7) is 3.98. The number of hydrogen-bond donors (Lipinski definition) is 1. The van der Waals surface area contributed by atoms with Crippen LogP contribution in [0.1, 0.15) is 29.0 Å². The highest BCUT2D eigenvalue weighted by Gasteiger charge is 2.21. The van der Waals surface area contributed by atoms with Gasteiger partial charge in [-0.1, -0.05) is 0 Å². The van der Waals surface area contributed by atoms with E-state index in [1.54, 1.807) is 6.92 Å². The molecule has 0 aromatic carbocycles. The Kier molecular flexibility index (Phi) is 3.93. The van der Waals surface area contributed by atoms with E-state index in [9.17, 15) is 9.50 Å². The largest absolute Gasteiger partial charge is 0.476 e. The van der Waals surface area contributed by atoms with Crippen molar-refractivity contribution in [2.24, 2.45) is 0 Å². The number of aryl methyl sites for hydroxylation is 1. The molecule has 0 fully saturated rings. The third-order valence-electron chi connectivity index (χ3n) is 2.61. The molecule has 0 spiro atoms. The molecule has 0 saturated carbocycles. The fraction of sp³-hybridized carbons (Fsp3) is 0.308. The van der Waals surface area contributed by atoms with Crippen molar-refractivity contribution in [2.45, 2.75) is 20.0 Å². The number of pyridine rings is 1. The minimum absolute atomic E-state index is 0.0664. The summed E-state index contributed by atoms with van der Waals surface area (Å²) in [7, 11) is 0. The summed E-state index contributed by atoms with van der Waals surface area (Å²) < 4.78 is 19.2. The molecule has 0 amide bonds. The summed E-state index contributed by atoms with van der Waals surface area (Å²) in [4.78, 5) is 4.55. The van der Waals surface area contributed by atoms with Crippen molar-refractivity contribution in [3.63, 3.8) is 0 Å². The van der Waals surface area contributed by atoms with Crippen LogP contribution in [0.3, 0.4) is 0 Å². The van der Waals surface area contributed by atoms with Gasteiger partial charge in [0.25, 0.3) is 5.88 Å². The van der Waals surface area contributed by atoms with Crippen LogP contribution in [-0.4, -0.2) is 16.7 Å². The van der Waals surface area contributed by atoms with Crippen LogP contribution in [-0.2, 0) is 0 Å². The molecule has 96 valence electrons. The van der Waals surface area contributed by atoms with Gasteiger partial charge in [-0.15, -0.1) is 11.3 Å². The highest BCUT2D eigenvalue weighted by molar-refractivity contribution is 7.10. The van der Waals surface area contributed by atoms with Gasteiger partial charge in [-0.05, 0) is 36.9 Å². The Hall–Kier alpha value is -1.46. The Morgan fingerprint density at radius 3 is 2.89 bits per heavy atom. The maximum absolute atomic E-state index is 14.1. The zero-order chi connectivity index (χ0) is 13.1. The van der Waals surface area contributed by atoms with Crippen LogP contribution in [0.5, 0.6) is 5.88 Å². The third-order valence-corrected chi connectivity index (χ3v) is 3.68. The van der Waals surface area contributed by atoms with Crippen molar-refractivity contribution in [2.75, 3.05) is 6.61 Å². The van der Waals surface area contributed by atoms with Gasteiger partial charge in [0, 0.05) is 16.6 Å². The number of hydrogen-bond acceptors (Lipinski definition) is 4. The normalized spacial score (nSPS) is 12.4. The molecule has 18 heavy (non-hydrogen) atoms. The van der Waals surface area contributed by atoms with Crippen molar-refractivity contribution >= 4 is 11.3 Å². The molecule has 0 radical (unpaired) electrons. The number of thiophene rings is 1. The number of aliphatic hydroxyl groups excluding tert-OH is 1. The van der Waals surface area contributed by atoms with E-state index in [2.05, 4.69) is 4.98 Å². The van der Waals surface area contributed by atoms with E-state index in [1.807, 2.05) is 18.4 Å². The first-order chi connectivity index (χ1) is 8.65. The fourth-order valence-corrected chi connectivity index (χ4v) is 2.62. The number of nitrogens with zero attached hydrogens (tertiary/aromatic N) is 1. The van der Waals surface area contributed by atoms with E-state index in [1.165, 1.54) is 23.6 Å². The standard InChI is InChI=1S/C13H14FNO2S/c1-3-17-13-10(14)9(4-6-15-13)11(16)12-8(2)5-7-18-12/h4-7,11,16H,3H2,1-2H3. The average molecular weight is 267 g/mol. The SMILES string of the molecule is CCOc1nccc(C(O)c2sccc2C)c1F. The highest BCUT2D eigenvalue weighted by atomic mass is 32.1. The number of halogens is 1. The average Bonchev–Trinajstić information content (AvgIpc) is 2.78. The Morgan fingerprint density at radius 2 is 2.28 bits per heavy atom. The van der Waals surface area contributed by atoms with E-state index in [4.69, 9.17) is 4.74 Å². The predicted molar refractivity (Wildman–Crippen MR) is 68.5 cm³/mol. The lowest BCUT2D eigenvalue weighted by atomic mass is 10.1. The van der Waals surface area contributed by atoms with Crippen LogP contribution < -0.4 is 4.74 Å². The highest BCUT2D eigenvalue weighted by Crippen LogP contribution is 2.32. The summed E-state index contributed by atoms with van der Waals surface area (Å²) in [5.74, 6) is -0.664. The van der Waals surface area contributed by atoms with Crippen LogP contribution in [0.25, 0.3) is 0 Å². The number of aliphatic hydroxyl groups is 1. The van der Waals surface area contributed by atoms with E-state index in [-0.39, 0.29) is 11.4 Å². The molecule has 0 bridgehead atoms. The molecule has 1 atom stereocenters. The molecule has 1 N–H and O–H groups in total. The summed E-state index contributed by atoms with van der Waals surface area (Å²) in [6, 6.07) is 3.37. The molecule has 0 aliphatic heterocycles. The van der Waals surface area contributed by atoms with Gasteiger partial charge in [-0.25, -0.2) is 9.37 Å². The second kappa shape index (κ2) is 5.46. The second-order valence-corrected chi connectivity index (χ2v) is 4.77. The molecular formula is C13H14FNO2S. The van der Waals surface area contributed by atoms with E-state index in [0.29, 0.717) is 6.61 Å². The van der Waals surface area contributed by atoms with Crippen LogP contribution in [0.2, 0.25) is 0 Å². The predicted octanol–water partition coefficient (Wildman–Crippen LogP) is 3.07. The molecule has 0 saturated heterocycles. The fourth-order valence-electron chi connectivity index (χ4n) is 1.69. The monoisotopic (exact) mass is 267 g/mol. The van der Waals surface area contributed by atoms with E-state index >= 15 is 0 Å². The molecule has 0 aliphatic carbocycles. The zero-order valence-electron chi connectivity index (χ0n) is 10.2. The Bertz CT molecular complexity index is 542. The van der Waals surface area contributed by atoms with Gasteiger partial charge in [-0.2, -0.15) is 0 Å². The Balaban J connectivity index is 2.39. The van der Waals surface area contributed by atoms with Crippen molar-refractivity contribution < 1.29 is 14.2 Å². The first kappa shape index (κ1) is 13.0. The van der Waals surface area contributed by atoms with Crippen LogP contribution >= 0.6 is 11.3 Å². The summed E-state index contributed by atoms with van der Waals surface area (Å²) in [5.41, 5.74) is 1.14. The molecule has 2 aromatic rings. The second-order valence-electron chi connectivity index (χ2n) is 3.82. The summed E-state index contributed by atoms with van der Waals surface area (Å²) in [5, 5.41) is 12.1. The third kappa shape index (κ3) is 2.37. The van der Waals surface area contributed by atoms with E-state index in [0.717, 1.165) is 10.4 Å². The van der Waals surface area contributed by atoms with Gasteiger partial charge in [-0.3, -0.25) is 0 Å². The van der Waals surface area contributed by atoms with Crippen LogP contribution in [0.15, 0.2) is 23.7 Å². The smallest absolute Gasteiger partial charge is 0.250 e. The molecule has 1 unspecified atom stereocenters. The van der Waals surface area contributed by atoms with E-state index < -0.39 is 11.9 Å². The summed E-state index contributed by atoms with van der Waals surface area (Å²) in [6.07, 6.45) is 0.461. The minimum Gasteiger partial charge on any atom is -0.476 e. The molecule has 2 heterocycles. The Morgan fingerprint density at radius 1 is 1.50 bits per heavy atom. The minimum atomic E-state index is -0.979. The molecule has 0 aliphatic rings. The van der Waals surface area contributed by atoms with Crippen molar-refractivity contribution in [3.8, 4) is 5.88 Å².